The summed E-state index contributed by atoms with van der Waals surface area (Å²) in [6.07, 6.45) is -4.51. The summed E-state index contributed by atoms with van der Waals surface area (Å²) in [5, 5.41) is 4.05. The Kier molecular flexibility index (Phi) is 4.67. The van der Waals surface area contributed by atoms with Crippen molar-refractivity contribution >= 4 is 5.91 Å². The third-order valence-corrected chi connectivity index (χ3v) is 4.75. The summed E-state index contributed by atoms with van der Waals surface area (Å²) in [4.78, 5) is 26.5. The van der Waals surface area contributed by atoms with Gasteiger partial charge in [0.2, 0.25) is 0 Å². The van der Waals surface area contributed by atoms with Crippen LogP contribution in [0, 0.1) is 11.6 Å². The smallest absolute Gasteiger partial charge is 0.329 e. The maximum atomic E-state index is 14.0. The predicted molar refractivity (Wildman–Crippen MR) is 93.9 cm³/mol. The van der Waals surface area contributed by atoms with E-state index in [1.807, 2.05) is 0 Å². The molecule has 0 saturated carbocycles. The van der Waals surface area contributed by atoms with Crippen molar-refractivity contribution < 1.29 is 26.7 Å². The molecule has 0 fully saturated rings. The molecule has 2 heterocycles. The van der Waals surface area contributed by atoms with Crippen molar-refractivity contribution in [2.75, 3.05) is 6.54 Å². The molecule has 0 bridgehead atoms. The number of carbonyl (C=O) groups is 1. The fourth-order valence-electron chi connectivity index (χ4n) is 3.22. The molecule has 0 spiro atoms. The Bertz CT molecular complexity index is 1180. The van der Waals surface area contributed by atoms with Gasteiger partial charge in [-0.2, -0.15) is 17.9 Å². The molecule has 4 rings (SSSR count). The van der Waals surface area contributed by atoms with Gasteiger partial charge in [0.15, 0.2) is 11.6 Å². The number of benzene rings is 2. The second-order valence-electron chi connectivity index (χ2n) is 6.66. The third kappa shape index (κ3) is 3.46. The fourth-order valence-corrected chi connectivity index (χ4v) is 3.22. The van der Waals surface area contributed by atoms with Crippen molar-refractivity contribution in [1.82, 2.24) is 19.2 Å². The Morgan fingerprint density at radius 3 is 2.33 bits per heavy atom. The maximum absolute atomic E-state index is 14.0. The molecule has 3 aromatic rings. The summed E-state index contributed by atoms with van der Waals surface area (Å²) in [6, 6.07) is 6.50. The summed E-state index contributed by atoms with van der Waals surface area (Å²) >= 11 is 0. The predicted octanol–water partition coefficient (Wildman–Crippen LogP) is 2.99. The number of rotatable bonds is 2. The summed E-state index contributed by atoms with van der Waals surface area (Å²) in [6.45, 7) is 0.0959. The van der Waals surface area contributed by atoms with Crippen LogP contribution in [0.5, 0.6) is 0 Å². The van der Waals surface area contributed by atoms with Crippen LogP contribution in [0.4, 0.5) is 22.0 Å². The first kappa shape index (κ1) is 19.8. The van der Waals surface area contributed by atoms with Crippen LogP contribution in [0.1, 0.15) is 21.7 Å². The second-order valence-corrected chi connectivity index (χ2v) is 6.66. The summed E-state index contributed by atoms with van der Waals surface area (Å²) in [5.74, 6) is -2.12. The first-order valence-electron chi connectivity index (χ1n) is 8.76. The minimum Gasteiger partial charge on any atom is -0.329 e. The molecule has 0 aliphatic carbocycles. The lowest BCUT2D eigenvalue weighted by molar-refractivity contribution is -0.137. The van der Waals surface area contributed by atoms with Crippen LogP contribution in [-0.4, -0.2) is 31.7 Å². The van der Waals surface area contributed by atoms with Crippen molar-refractivity contribution in [3.05, 3.63) is 81.5 Å². The number of carbonyl (C=O) groups excluding carboxylic acids is 1. The van der Waals surface area contributed by atoms with Gasteiger partial charge in [-0.1, -0.05) is 0 Å². The van der Waals surface area contributed by atoms with E-state index < -0.39 is 35.0 Å². The highest BCUT2D eigenvalue weighted by molar-refractivity contribution is 5.94. The number of nitrogens with zero attached hydrogens (tertiary/aromatic N) is 4. The van der Waals surface area contributed by atoms with Crippen molar-refractivity contribution in [3.8, 4) is 5.69 Å². The average Bonchev–Trinajstić information content (AvgIpc) is 3.02. The van der Waals surface area contributed by atoms with Gasteiger partial charge in [0.1, 0.15) is 11.5 Å². The van der Waals surface area contributed by atoms with Crippen LogP contribution in [-0.2, 0) is 19.3 Å². The largest absolute Gasteiger partial charge is 0.416 e. The zero-order valence-corrected chi connectivity index (χ0v) is 15.2. The van der Waals surface area contributed by atoms with Gasteiger partial charge in [0, 0.05) is 24.7 Å². The molecular formula is C19H13F5N4O2. The minimum absolute atomic E-state index is 0.0582. The van der Waals surface area contributed by atoms with Crippen LogP contribution in [0.3, 0.4) is 0 Å². The lowest BCUT2D eigenvalue weighted by Crippen LogP contribution is -2.40. The highest BCUT2D eigenvalue weighted by Gasteiger charge is 2.31. The van der Waals surface area contributed by atoms with Crippen LogP contribution < -0.4 is 5.69 Å². The van der Waals surface area contributed by atoms with Crippen molar-refractivity contribution in [1.29, 1.82) is 0 Å². The van der Waals surface area contributed by atoms with Gasteiger partial charge >= 0.3 is 11.9 Å². The van der Waals surface area contributed by atoms with Crippen LogP contribution in [0.2, 0.25) is 0 Å². The van der Waals surface area contributed by atoms with Gasteiger partial charge in [0.05, 0.1) is 12.1 Å². The third-order valence-electron chi connectivity index (χ3n) is 4.75. The number of halogens is 5. The van der Waals surface area contributed by atoms with E-state index in [0.717, 1.165) is 41.1 Å². The topological polar surface area (TPSA) is 60.1 Å². The summed E-state index contributed by atoms with van der Waals surface area (Å²) in [5.41, 5.74) is -1.68. The Morgan fingerprint density at radius 2 is 1.70 bits per heavy atom. The number of fused-ring (bicyclic) bond motifs is 1. The molecule has 156 valence electrons. The highest BCUT2D eigenvalue weighted by atomic mass is 19.4. The zero-order chi connectivity index (χ0) is 21.6. The summed E-state index contributed by atoms with van der Waals surface area (Å²) in [7, 11) is 0. The molecule has 1 aromatic heterocycles. The molecule has 6 nitrogen and oxygen atoms in total. The molecule has 30 heavy (non-hydrogen) atoms. The van der Waals surface area contributed by atoms with Gasteiger partial charge in [0.25, 0.3) is 5.91 Å². The Balaban J connectivity index is 1.59. The van der Waals surface area contributed by atoms with Gasteiger partial charge in [-0.05, 0) is 36.4 Å². The monoisotopic (exact) mass is 424 g/mol. The molecule has 0 saturated heterocycles. The Morgan fingerprint density at radius 1 is 1.00 bits per heavy atom. The number of aromatic nitrogens is 3. The molecule has 1 aliphatic rings. The van der Waals surface area contributed by atoms with E-state index in [2.05, 4.69) is 5.10 Å². The molecule has 1 aliphatic heterocycles. The van der Waals surface area contributed by atoms with Crippen LogP contribution >= 0.6 is 0 Å². The number of amides is 1. The van der Waals surface area contributed by atoms with Gasteiger partial charge in [-0.3, -0.25) is 9.36 Å². The summed E-state index contributed by atoms with van der Waals surface area (Å²) < 4.78 is 67.3. The maximum Gasteiger partial charge on any atom is 0.416 e. The molecule has 2 aromatic carbocycles. The van der Waals surface area contributed by atoms with E-state index >= 15 is 0 Å². The van der Waals surface area contributed by atoms with E-state index in [0.29, 0.717) is 6.07 Å². The van der Waals surface area contributed by atoms with Crippen molar-refractivity contribution in [3.63, 3.8) is 0 Å². The number of alkyl halides is 3. The molecular weight excluding hydrogens is 411 g/mol. The van der Waals surface area contributed by atoms with Crippen LogP contribution in [0.25, 0.3) is 5.69 Å². The van der Waals surface area contributed by atoms with Crippen LogP contribution in [0.15, 0.2) is 47.3 Å². The lowest BCUT2D eigenvalue weighted by atomic mass is 10.1. The molecule has 0 N–H and O–H groups in total. The lowest BCUT2D eigenvalue weighted by Gasteiger charge is -2.26. The standard InChI is InChI=1S/C19H13F5N4O2/c20-13-5-6-15(14(21)9-13)28-18(30)27-8-7-26(10-16(27)25-28)17(29)11-1-3-12(4-2-11)19(22,23)24/h1-6,9H,7-8,10H2. The molecule has 11 heteroatoms. The first-order chi connectivity index (χ1) is 14.1. The van der Waals surface area contributed by atoms with E-state index in [-0.39, 0.29) is 36.7 Å². The van der Waals surface area contributed by atoms with Crippen molar-refractivity contribution in [2.24, 2.45) is 0 Å². The van der Waals surface area contributed by atoms with E-state index in [1.165, 1.54) is 9.47 Å². The molecule has 0 unspecified atom stereocenters. The van der Waals surface area contributed by atoms with Gasteiger partial charge in [-0.15, -0.1) is 5.10 Å². The quantitative estimate of drug-likeness (QED) is 0.595. The minimum atomic E-state index is -4.51. The van der Waals surface area contributed by atoms with Gasteiger partial charge < -0.3 is 4.90 Å². The number of hydrogen-bond acceptors (Lipinski definition) is 3. The van der Waals surface area contributed by atoms with E-state index in [9.17, 15) is 31.5 Å². The van der Waals surface area contributed by atoms with E-state index in [4.69, 9.17) is 0 Å². The fraction of sp³-hybridized carbons (Fsp3) is 0.211. The normalized spacial score (nSPS) is 14.0. The number of hydrogen-bond donors (Lipinski definition) is 0. The van der Waals surface area contributed by atoms with Gasteiger partial charge in [-0.25, -0.2) is 13.6 Å². The Hall–Kier alpha value is -3.50. The Labute approximate surface area is 165 Å². The first-order valence-corrected chi connectivity index (χ1v) is 8.76. The second kappa shape index (κ2) is 7.08. The average molecular weight is 424 g/mol. The molecule has 0 atom stereocenters. The zero-order valence-electron chi connectivity index (χ0n) is 15.2. The molecule has 1 amide bonds. The van der Waals surface area contributed by atoms with Crippen molar-refractivity contribution in [2.45, 2.75) is 19.3 Å². The molecule has 0 radical (unpaired) electrons. The SMILES string of the molecule is O=C(c1ccc(C(F)(F)F)cc1)N1CCn2c(nn(-c3ccc(F)cc3F)c2=O)C1. The highest BCUT2D eigenvalue weighted by Crippen LogP contribution is 2.29. The van der Waals surface area contributed by atoms with E-state index in [1.54, 1.807) is 0 Å².